The van der Waals surface area contributed by atoms with Crippen LogP contribution in [0.15, 0.2) is 41.5 Å². The van der Waals surface area contributed by atoms with E-state index in [2.05, 4.69) is 16.6 Å². The zero-order valence-corrected chi connectivity index (χ0v) is 9.52. The third-order valence-corrected chi connectivity index (χ3v) is 2.66. The first kappa shape index (κ1) is 11.4. The number of allylic oxidation sites excluding steroid dienone is 2. The van der Waals surface area contributed by atoms with E-state index in [-0.39, 0.29) is 0 Å². The van der Waals surface area contributed by atoms with Crippen LogP contribution in [0.25, 0.3) is 5.57 Å². The number of carbonyl (C=O) groups is 1. The van der Waals surface area contributed by atoms with Crippen LogP contribution in [-0.4, -0.2) is 11.7 Å². The minimum absolute atomic E-state index is 0.629. The molecule has 17 heavy (non-hydrogen) atoms. The Morgan fingerprint density at radius 3 is 2.76 bits per heavy atom. The van der Waals surface area contributed by atoms with E-state index in [9.17, 15) is 4.79 Å². The summed E-state index contributed by atoms with van der Waals surface area (Å²) in [5.74, 6) is 0. The number of nitrogens with zero attached hydrogens (tertiary/aromatic N) is 1. The van der Waals surface area contributed by atoms with Crippen molar-refractivity contribution in [1.82, 2.24) is 5.43 Å². The fourth-order valence-corrected chi connectivity index (χ4v) is 1.91. The SMILES string of the molecule is NC(=O)NN=C1CCCC=C1c1ccccc1. The third-order valence-electron chi connectivity index (χ3n) is 2.66. The molecule has 1 aromatic rings. The second-order valence-corrected chi connectivity index (χ2v) is 3.91. The molecule has 0 saturated carbocycles. The van der Waals surface area contributed by atoms with E-state index in [4.69, 9.17) is 5.73 Å². The van der Waals surface area contributed by atoms with Crippen molar-refractivity contribution in [2.75, 3.05) is 0 Å². The molecule has 1 aliphatic carbocycles. The molecule has 88 valence electrons. The molecule has 0 heterocycles. The van der Waals surface area contributed by atoms with Crippen LogP contribution >= 0.6 is 0 Å². The van der Waals surface area contributed by atoms with Crippen LogP contribution in [0.3, 0.4) is 0 Å². The Labute approximate surface area is 100 Å². The van der Waals surface area contributed by atoms with Crippen molar-refractivity contribution >= 4 is 17.3 Å². The van der Waals surface area contributed by atoms with Crippen molar-refractivity contribution in [2.45, 2.75) is 19.3 Å². The maximum Gasteiger partial charge on any atom is 0.332 e. The monoisotopic (exact) mass is 229 g/mol. The van der Waals surface area contributed by atoms with Gasteiger partial charge in [0.05, 0.1) is 5.71 Å². The van der Waals surface area contributed by atoms with Crippen molar-refractivity contribution in [3.8, 4) is 0 Å². The molecule has 4 heteroatoms. The van der Waals surface area contributed by atoms with Crippen molar-refractivity contribution in [1.29, 1.82) is 0 Å². The van der Waals surface area contributed by atoms with Gasteiger partial charge in [0.2, 0.25) is 0 Å². The molecule has 0 unspecified atom stereocenters. The summed E-state index contributed by atoms with van der Waals surface area (Å²) in [4.78, 5) is 10.7. The van der Waals surface area contributed by atoms with Gasteiger partial charge in [-0.2, -0.15) is 5.10 Å². The normalized spacial score (nSPS) is 17.6. The number of rotatable bonds is 2. The predicted octanol–water partition coefficient (Wildman–Crippen LogP) is 2.28. The number of urea groups is 1. The molecule has 4 nitrogen and oxygen atoms in total. The number of hydrazone groups is 1. The van der Waals surface area contributed by atoms with E-state index in [0.29, 0.717) is 0 Å². The Balaban J connectivity index is 2.27. The number of benzene rings is 1. The van der Waals surface area contributed by atoms with Crippen LogP contribution in [0.5, 0.6) is 0 Å². The first-order valence-electron chi connectivity index (χ1n) is 5.65. The van der Waals surface area contributed by atoms with Gasteiger partial charge in [0.15, 0.2) is 0 Å². The highest BCUT2D eigenvalue weighted by Gasteiger charge is 2.13. The van der Waals surface area contributed by atoms with Gasteiger partial charge < -0.3 is 5.73 Å². The average Bonchev–Trinajstić information content (AvgIpc) is 2.38. The van der Waals surface area contributed by atoms with Gasteiger partial charge in [-0.1, -0.05) is 36.4 Å². The quantitative estimate of drug-likeness (QED) is 0.750. The molecule has 0 fully saturated rings. The van der Waals surface area contributed by atoms with Crippen LogP contribution in [0.2, 0.25) is 0 Å². The fraction of sp³-hybridized carbons (Fsp3) is 0.231. The van der Waals surface area contributed by atoms with E-state index < -0.39 is 6.03 Å². The molecule has 1 aromatic carbocycles. The maximum absolute atomic E-state index is 10.7. The zero-order valence-electron chi connectivity index (χ0n) is 9.52. The molecular weight excluding hydrogens is 214 g/mol. The highest BCUT2D eigenvalue weighted by Crippen LogP contribution is 2.24. The third kappa shape index (κ3) is 2.93. The van der Waals surface area contributed by atoms with E-state index in [1.807, 2.05) is 30.3 Å². The van der Waals surface area contributed by atoms with Crippen LogP contribution in [0.1, 0.15) is 24.8 Å². The molecule has 0 aliphatic heterocycles. The first-order valence-corrected chi connectivity index (χ1v) is 5.65. The van der Waals surface area contributed by atoms with E-state index in [0.717, 1.165) is 36.1 Å². The highest BCUT2D eigenvalue weighted by atomic mass is 16.2. The van der Waals surface area contributed by atoms with Crippen LogP contribution in [0.4, 0.5) is 4.79 Å². The van der Waals surface area contributed by atoms with Gasteiger partial charge in [-0.25, -0.2) is 10.2 Å². The Morgan fingerprint density at radius 1 is 1.29 bits per heavy atom. The molecule has 2 rings (SSSR count). The first-order chi connectivity index (χ1) is 8.27. The van der Waals surface area contributed by atoms with Gasteiger partial charge in [-0.05, 0) is 24.8 Å². The minimum atomic E-state index is -0.629. The number of primary amides is 1. The Kier molecular flexibility index (Phi) is 3.55. The van der Waals surface area contributed by atoms with Crippen molar-refractivity contribution in [2.24, 2.45) is 10.8 Å². The highest BCUT2D eigenvalue weighted by molar-refractivity contribution is 6.24. The standard InChI is InChI=1S/C13H15N3O/c14-13(17)16-15-12-9-5-4-8-11(12)10-6-2-1-3-7-10/h1-3,6-8H,4-5,9H2,(H3,14,16,17). The van der Waals surface area contributed by atoms with E-state index >= 15 is 0 Å². The number of nitrogens with two attached hydrogens (primary N) is 1. The number of carbonyl (C=O) groups excluding carboxylic acids is 1. The van der Waals surface area contributed by atoms with Gasteiger partial charge in [0.1, 0.15) is 0 Å². The van der Waals surface area contributed by atoms with Gasteiger partial charge in [0.25, 0.3) is 0 Å². The lowest BCUT2D eigenvalue weighted by molar-refractivity contribution is 0.249. The van der Waals surface area contributed by atoms with Crippen molar-refractivity contribution in [3.05, 3.63) is 42.0 Å². The van der Waals surface area contributed by atoms with Gasteiger partial charge >= 0.3 is 6.03 Å². The number of hydrogen-bond acceptors (Lipinski definition) is 2. The fourth-order valence-electron chi connectivity index (χ4n) is 1.91. The Morgan fingerprint density at radius 2 is 2.06 bits per heavy atom. The number of hydrogen-bond donors (Lipinski definition) is 2. The summed E-state index contributed by atoms with van der Waals surface area (Å²) in [6.07, 6.45) is 5.11. The minimum Gasteiger partial charge on any atom is -0.350 e. The summed E-state index contributed by atoms with van der Waals surface area (Å²) in [6.45, 7) is 0. The zero-order chi connectivity index (χ0) is 12.1. The number of nitrogens with one attached hydrogen (secondary N) is 1. The molecule has 0 saturated heterocycles. The second-order valence-electron chi connectivity index (χ2n) is 3.91. The summed E-state index contributed by atoms with van der Waals surface area (Å²) in [5.41, 5.74) is 10.4. The molecule has 0 spiro atoms. The molecule has 3 N–H and O–H groups in total. The van der Waals surface area contributed by atoms with Crippen LogP contribution in [-0.2, 0) is 0 Å². The summed E-state index contributed by atoms with van der Waals surface area (Å²) >= 11 is 0. The smallest absolute Gasteiger partial charge is 0.332 e. The maximum atomic E-state index is 10.7. The van der Waals surface area contributed by atoms with Crippen LogP contribution < -0.4 is 11.2 Å². The summed E-state index contributed by atoms with van der Waals surface area (Å²) in [5, 5.41) is 4.06. The lowest BCUT2D eigenvalue weighted by atomic mass is 9.92. The largest absolute Gasteiger partial charge is 0.350 e. The molecule has 2 amide bonds. The molecule has 1 aliphatic rings. The average molecular weight is 229 g/mol. The molecule has 0 aromatic heterocycles. The predicted molar refractivity (Wildman–Crippen MR) is 68.4 cm³/mol. The molecule has 0 radical (unpaired) electrons. The number of amides is 2. The second kappa shape index (κ2) is 5.30. The van der Waals surface area contributed by atoms with E-state index in [1.54, 1.807) is 0 Å². The van der Waals surface area contributed by atoms with Gasteiger partial charge in [-0.15, -0.1) is 0 Å². The molecule has 0 bridgehead atoms. The summed E-state index contributed by atoms with van der Waals surface area (Å²) < 4.78 is 0. The van der Waals surface area contributed by atoms with E-state index in [1.165, 1.54) is 0 Å². The topological polar surface area (TPSA) is 67.5 Å². The Hall–Kier alpha value is -2.10. The summed E-state index contributed by atoms with van der Waals surface area (Å²) in [6, 6.07) is 9.41. The Bertz CT molecular complexity index is 463. The molecular formula is C13H15N3O. The van der Waals surface area contributed by atoms with Gasteiger partial charge in [0, 0.05) is 5.57 Å². The van der Waals surface area contributed by atoms with Crippen molar-refractivity contribution < 1.29 is 4.79 Å². The lowest BCUT2D eigenvalue weighted by Crippen LogP contribution is -2.26. The summed E-state index contributed by atoms with van der Waals surface area (Å²) in [7, 11) is 0. The lowest BCUT2D eigenvalue weighted by Gasteiger charge is -2.15. The van der Waals surface area contributed by atoms with Gasteiger partial charge in [-0.3, -0.25) is 0 Å². The van der Waals surface area contributed by atoms with Crippen molar-refractivity contribution in [3.63, 3.8) is 0 Å². The van der Waals surface area contributed by atoms with Crippen LogP contribution in [0, 0.1) is 0 Å². The molecule has 0 atom stereocenters.